The van der Waals surface area contributed by atoms with Crippen LogP contribution in [0.5, 0.6) is 0 Å². The zero-order chi connectivity index (χ0) is 14.3. The molecule has 0 atom stereocenters. The van der Waals surface area contributed by atoms with E-state index in [1.165, 1.54) is 0 Å². The minimum Gasteiger partial charge on any atom is -0.372 e. The number of aliphatic imine (C=N–C) groups is 1. The Morgan fingerprint density at radius 1 is 1.35 bits per heavy atom. The summed E-state index contributed by atoms with van der Waals surface area (Å²) in [7, 11) is 3.85. The normalized spacial score (nSPS) is 10.7. The van der Waals surface area contributed by atoms with Gasteiger partial charge in [-0.15, -0.1) is 12.4 Å². The summed E-state index contributed by atoms with van der Waals surface area (Å²) < 4.78 is 5.07. The lowest BCUT2D eigenvalue weighted by Crippen LogP contribution is -2.19. The van der Waals surface area contributed by atoms with E-state index in [-0.39, 0.29) is 24.9 Å². The summed E-state index contributed by atoms with van der Waals surface area (Å²) in [4.78, 5) is 18.0. The van der Waals surface area contributed by atoms with Crippen molar-refractivity contribution in [3.63, 3.8) is 0 Å². The number of benzene rings is 1. The van der Waals surface area contributed by atoms with Gasteiger partial charge in [0.2, 0.25) is 5.91 Å². The number of carbonyl (C=O) groups is 1. The van der Waals surface area contributed by atoms with E-state index < -0.39 is 0 Å². The third-order valence-corrected chi connectivity index (χ3v) is 2.54. The van der Waals surface area contributed by atoms with Crippen LogP contribution in [0.25, 0.3) is 0 Å². The number of carbonyl (C=O) groups excluding carboxylic acids is 1. The van der Waals surface area contributed by atoms with E-state index in [9.17, 15) is 4.79 Å². The van der Waals surface area contributed by atoms with E-state index in [2.05, 4.69) is 10.3 Å². The summed E-state index contributed by atoms with van der Waals surface area (Å²) >= 11 is 0. The molecule has 1 amide bonds. The first-order valence-electron chi connectivity index (χ1n) is 6.23. The van der Waals surface area contributed by atoms with Crippen LogP contribution in [0, 0.1) is 0 Å². The van der Waals surface area contributed by atoms with Gasteiger partial charge in [0.15, 0.2) is 0 Å². The quantitative estimate of drug-likeness (QED) is 0.672. The van der Waals surface area contributed by atoms with Crippen molar-refractivity contribution in [1.29, 1.82) is 0 Å². The molecular formula is C14H22ClN3O2. The first-order chi connectivity index (χ1) is 9.04. The van der Waals surface area contributed by atoms with Crippen LogP contribution in [0.15, 0.2) is 29.3 Å². The molecule has 0 saturated carbocycles. The van der Waals surface area contributed by atoms with Gasteiger partial charge in [0.25, 0.3) is 0 Å². The minimum atomic E-state index is -0.174. The number of ether oxygens (including phenoxy) is 1. The molecule has 1 N–H and O–H groups in total. The fourth-order valence-corrected chi connectivity index (χ4v) is 1.33. The molecular weight excluding hydrogens is 278 g/mol. The lowest BCUT2D eigenvalue weighted by atomic mass is 10.2. The van der Waals surface area contributed by atoms with E-state index in [4.69, 9.17) is 4.74 Å². The molecule has 5 nitrogen and oxygen atoms in total. The lowest BCUT2D eigenvalue weighted by Gasteiger charge is -2.13. The van der Waals surface area contributed by atoms with Crippen LogP contribution >= 0.6 is 12.4 Å². The second kappa shape index (κ2) is 9.34. The number of nitrogens with one attached hydrogen (secondary N) is 1. The summed E-state index contributed by atoms with van der Waals surface area (Å²) in [5.74, 6) is 0.693. The van der Waals surface area contributed by atoms with E-state index >= 15 is 0 Å². The molecule has 0 fully saturated rings. The van der Waals surface area contributed by atoms with Crippen LogP contribution in [0.4, 0.5) is 11.4 Å². The molecule has 0 unspecified atom stereocenters. The molecule has 0 spiro atoms. The Morgan fingerprint density at radius 3 is 2.60 bits per heavy atom. The molecule has 1 aromatic rings. The van der Waals surface area contributed by atoms with E-state index in [0.29, 0.717) is 12.3 Å². The number of hydrogen-bond acceptors (Lipinski definition) is 3. The molecule has 6 heteroatoms. The first-order valence-corrected chi connectivity index (χ1v) is 6.23. The first kappa shape index (κ1) is 18.4. The Labute approximate surface area is 126 Å². The Hall–Kier alpha value is -1.59. The number of amides is 1. The van der Waals surface area contributed by atoms with Crippen molar-refractivity contribution in [2.75, 3.05) is 32.6 Å². The predicted octanol–water partition coefficient (Wildman–Crippen LogP) is 2.69. The molecule has 1 rings (SSSR count). The Morgan fingerprint density at radius 2 is 2.00 bits per heavy atom. The maximum atomic E-state index is 11.6. The van der Waals surface area contributed by atoms with E-state index in [0.717, 1.165) is 11.5 Å². The topological polar surface area (TPSA) is 53.9 Å². The molecule has 20 heavy (non-hydrogen) atoms. The highest BCUT2D eigenvalue weighted by Gasteiger charge is 2.06. The summed E-state index contributed by atoms with van der Waals surface area (Å²) in [6.45, 7) is 4.35. The number of rotatable bonds is 5. The van der Waals surface area contributed by atoms with Crippen molar-refractivity contribution in [1.82, 2.24) is 4.90 Å². The highest BCUT2D eigenvalue weighted by molar-refractivity contribution is 5.95. The standard InChI is InChI=1S/C14H21N3O2.ClH/c1-5-19-10-14(18)16-13-9-7-6-8-12(13)15-11(2)17(3)4;/h6-9H,5,10H2,1-4H3,(H,16,18);1H. The summed E-state index contributed by atoms with van der Waals surface area (Å²) in [6, 6.07) is 7.44. The average molecular weight is 300 g/mol. The Kier molecular flexibility index (Phi) is 8.59. The Balaban J connectivity index is 0.00000361. The van der Waals surface area contributed by atoms with Crippen LogP contribution < -0.4 is 5.32 Å². The van der Waals surface area contributed by atoms with E-state index in [1.807, 2.05) is 57.1 Å². The number of anilines is 1. The van der Waals surface area contributed by atoms with Crippen molar-refractivity contribution in [2.24, 2.45) is 4.99 Å². The van der Waals surface area contributed by atoms with Crippen LogP contribution in [-0.2, 0) is 9.53 Å². The van der Waals surface area contributed by atoms with Gasteiger partial charge in [0.05, 0.1) is 11.4 Å². The maximum absolute atomic E-state index is 11.6. The Bertz CT molecular complexity index is 461. The molecule has 0 saturated heterocycles. The fourth-order valence-electron chi connectivity index (χ4n) is 1.33. The van der Waals surface area contributed by atoms with Crippen molar-refractivity contribution >= 4 is 35.5 Å². The second-order valence-corrected chi connectivity index (χ2v) is 4.26. The summed E-state index contributed by atoms with van der Waals surface area (Å²) in [5.41, 5.74) is 1.42. The largest absolute Gasteiger partial charge is 0.372 e. The van der Waals surface area contributed by atoms with Gasteiger partial charge in [-0.3, -0.25) is 4.79 Å². The highest BCUT2D eigenvalue weighted by Crippen LogP contribution is 2.24. The van der Waals surface area contributed by atoms with Crippen LogP contribution in [-0.4, -0.2) is 44.0 Å². The van der Waals surface area contributed by atoms with Crippen molar-refractivity contribution in [2.45, 2.75) is 13.8 Å². The van der Waals surface area contributed by atoms with Gasteiger partial charge in [-0.2, -0.15) is 0 Å². The van der Waals surface area contributed by atoms with Gasteiger partial charge >= 0.3 is 0 Å². The van der Waals surface area contributed by atoms with Crippen LogP contribution in [0.2, 0.25) is 0 Å². The zero-order valence-electron chi connectivity index (χ0n) is 12.3. The molecule has 0 bridgehead atoms. The molecule has 0 aliphatic heterocycles. The number of nitrogens with zero attached hydrogens (tertiary/aromatic N) is 2. The second-order valence-electron chi connectivity index (χ2n) is 4.26. The molecule has 1 aromatic carbocycles. The molecule has 0 aromatic heterocycles. The third-order valence-electron chi connectivity index (χ3n) is 2.54. The number of para-hydroxylation sites is 2. The lowest BCUT2D eigenvalue weighted by molar-refractivity contribution is -0.120. The average Bonchev–Trinajstić information content (AvgIpc) is 2.38. The van der Waals surface area contributed by atoms with Gasteiger partial charge in [0, 0.05) is 20.7 Å². The number of hydrogen-bond donors (Lipinski definition) is 1. The third kappa shape index (κ3) is 6.04. The van der Waals surface area contributed by atoms with E-state index in [1.54, 1.807) is 0 Å². The number of amidine groups is 1. The van der Waals surface area contributed by atoms with Gasteiger partial charge in [-0.25, -0.2) is 4.99 Å². The maximum Gasteiger partial charge on any atom is 0.250 e. The highest BCUT2D eigenvalue weighted by atomic mass is 35.5. The van der Waals surface area contributed by atoms with Gasteiger partial charge in [0.1, 0.15) is 12.4 Å². The molecule has 0 radical (unpaired) electrons. The molecule has 0 aliphatic rings. The van der Waals surface area contributed by atoms with Crippen molar-refractivity contribution in [3.8, 4) is 0 Å². The number of halogens is 1. The smallest absolute Gasteiger partial charge is 0.250 e. The minimum absolute atomic E-state index is 0. The van der Waals surface area contributed by atoms with Gasteiger partial charge in [-0.05, 0) is 26.0 Å². The fraction of sp³-hybridized carbons (Fsp3) is 0.429. The van der Waals surface area contributed by atoms with Crippen molar-refractivity contribution < 1.29 is 9.53 Å². The van der Waals surface area contributed by atoms with Crippen LogP contribution in [0.3, 0.4) is 0 Å². The summed E-state index contributed by atoms with van der Waals surface area (Å²) in [5, 5.41) is 2.80. The summed E-state index contributed by atoms with van der Waals surface area (Å²) in [6.07, 6.45) is 0. The van der Waals surface area contributed by atoms with Gasteiger partial charge < -0.3 is 15.0 Å². The molecule has 0 aliphatic carbocycles. The monoisotopic (exact) mass is 299 g/mol. The predicted molar refractivity (Wildman–Crippen MR) is 85.3 cm³/mol. The SMILES string of the molecule is CCOCC(=O)Nc1ccccc1N=C(C)N(C)C.Cl. The van der Waals surface area contributed by atoms with Crippen LogP contribution in [0.1, 0.15) is 13.8 Å². The van der Waals surface area contributed by atoms with Crippen molar-refractivity contribution in [3.05, 3.63) is 24.3 Å². The molecule has 112 valence electrons. The van der Waals surface area contributed by atoms with Gasteiger partial charge in [-0.1, -0.05) is 12.1 Å². The zero-order valence-corrected chi connectivity index (χ0v) is 13.2. The molecule has 0 heterocycles.